The second-order valence-corrected chi connectivity index (χ2v) is 4.73. The quantitative estimate of drug-likeness (QED) is 0.406. The summed E-state index contributed by atoms with van der Waals surface area (Å²) in [5.74, 6) is 0.793. The van der Waals surface area contributed by atoms with E-state index in [2.05, 4.69) is 19.9 Å². The molecule has 0 saturated heterocycles. The molecule has 2 aromatic heterocycles. The van der Waals surface area contributed by atoms with Crippen molar-refractivity contribution in [2.45, 2.75) is 25.2 Å². The SMILES string of the molecule is NCCCc1[nH]c(N)nc1C(CCN)c1cnc(N)[nH]1. The van der Waals surface area contributed by atoms with Crippen molar-refractivity contribution in [2.75, 3.05) is 24.6 Å². The van der Waals surface area contributed by atoms with Gasteiger partial charge < -0.3 is 32.9 Å². The van der Waals surface area contributed by atoms with Gasteiger partial charge in [0.15, 0.2) is 11.9 Å². The van der Waals surface area contributed by atoms with Gasteiger partial charge in [-0.05, 0) is 32.4 Å². The Labute approximate surface area is 117 Å². The maximum absolute atomic E-state index is 5.79. The van der Waals surface area contributed by atoms with Gasteiger partial charge in [-0.3, -0.25) is 0 Å². The smallest absolute Gasteiger partial charge is 0.197 e. The summed E-state index contributed by atoms with van der Waals surface area (Å²) >= 11 is 0. The first-order valence-corrected chi connectivity index (χ1v) is 6.70. The molecule has 1 unspecified atom stereocenters. The fourth-order valence-electron chi connectivity index (χ4n) is 2.34. The second kappa shape index (κ2) is 6.40. The molecule has 0 aliphatic rings. The first-order valence-electron chi connectivity index (χ1n) is 6.70. The third kappa shape index (κ3) is 3.09. The van der Waals surface area contributed by atoms with Gasteiger partial charge in [0.25, 0.3) is 0 Å². The van der Waals surface area contributed by atoms with Gasteiger partial charge in [0.1, 0.15) is 0 Å². The molecule has 2 rings (SSSR count). The van der Waals surface area contributed by atoms with Crippen molar-refractivity contribution in [3.63, 3.8) is 0 Å². The van der Waals surface area contributed by atoms with E-state index in [1.807, 2.05) is 0 Å². The minimum atomic E-state index is 0.00567. The van der Waals surface area contributed by atoms with Gasteiger partial charge in [0, 0.05) is 17.3 Å². The Kier molecular flexibility index (Phi) is 4.59. The zero-order valence-electron chi connectivity index (χ0n) is 11.4. The van der Waals surface area contributed by atoms with Crippen molar-refractivity contribution in [1.82, 2.24) is 19.9 Å². The number of nitrogens with zero attached hydrogens (tertiary/aromatic N) is 2. The van der Waals surface area contributed by atoms with Crippen LogP contribution in [0.4, 0.5) is 11.9 Å². The molecule has 2 aromatic rings. The molecule has 0 spiro atoms. The largest absolute Gasteiger partial charge is 0.369 e. The molecule has 0 radical (unpaired) electrons. The van der Waals surface area contributed by atoms with Crippen molar-refractivity contribution in [3.8, 4) is 0 Å². The highest BCUT2D eigenvalue weighted by molar-refractivity contribution is 5.35. The van der Waals surface area contributed by atoms with Crippen molar-refractivity contribution in [2.24, 2.45) is 11.5 Å². The lowest BCUT2D eigenvalue weighted by Gasteiger charge is -2.14. The molecule has 110 valence electrons. The fourth-order valence-corrected chi connectivity index (χ4v) is 2.34. The Morgan fingerprint density at radius 1 is 1.10 bits per heavy atom. The van der Waals surface area contributed by atoms with Gasteiger partial charge in [0.05, 0.1) is 11.9 Å². The van der Waals surface area contributed by atoms with E-state index >= 15 is 0 Å². The fraction of sp³-hybridized carbons (Fsp3) is 0.500. The number of aromatic nitrogens is 4. The van der Waals surface area contributed by atoms with Crippen LogP contribution in [0.2, 0.25) is 0 Å². The van der Waals surface area contributed by atoms with Crippen LogP contribution in [0.15, 0.2) is 6.20 Å². The van der Waals surface area contributed by atoms with E-state index in [1.165, 1.54) is 0 Å². The average Bonchev–Trinajstić information content (AvgIpc) is 3.00. The Bertz CT molecular complexity index is 543. The molecule has 0 saturated carbocycles. The van der Waals surface area contributed by atoms with Gasteiger partial charge in [-0.2, -0.15) is 0 Å². The van der Waals surface area contributed by atoms with Crippen LogP contribution in [0.1, 0.15) is 35.8 Å². The van der Waals surface area contributed by atoms with Crippen LogP contribution in [-0.2, 0) is 6.42 Å². The Morgan fingerprint density at radius 2 is 1.90 bits per heavy atom. The van der Waals surface area contributed by atoms with Crippen LogP contribution in [-0.4, -0.2) is 33.0 Å². The number of rotatable bonds is 7. The van der Waals surface area contributed by atoms with Crippen LogP contribution >= 0.6 is 0 Å². The molecule has 20 heavy (non-hydrogen) atoms. The van der Waals surface area contributed by atoms with E-state index < -0.39 is 0 Å². The number of H-pyrrole nitrogens is 2. The van der Waals surface area contributed by atoms with E-state index in [0.717, 1.165) is 36.3 Å². The van der Waals surface area contributed by atoms with Crippen LogP contribution in [0.25, 0.3) is 0 Å². The van der Waals surface area contributed by atoms with E-state index in [0.29, 0.717) is 25.0 Å². The van der Waals surface area contributed by atoms with Gasteiger partial charge in [-0.25, -0.2) is 9.97 Å². The number of hydrogen-bond donors (Lipinski definition) is 6. The number of anilines is 2. The summed E-state index contributed by atoms with van der Waals surface area (Å²) < 4.78 is 0. The maximum atomic E-state index is 5.79. The molecule has 8 heteroatoms. The minimum Gasteiger partial charge on any atom is -0.369 e. The molecule has 0 fully saturated rings. The standard InChI is InChI=1S/C12H22N8/c13-4-1-2-8-10(20-12(16)18-8)7(3-5-14)9-6-17-11(15)19-9/h6-7H,1-5,13-14H2,(H3,15,17,19)(H3,16,18,20). The highest BCUT2D eigenvalue weighted by Gasteiger charge is 2.22. The molecule has 10 N–H and O–H groups in total. The lowest BCUT2D eigenvalue weighted by molar-refractivity contribution is 0.679. The molecule has 0 bridgehead atoms. The molecule has 2 heterocycles. The van der Waals surface area contributed by atoms with E-state index in [-0.39, 0.29) is 5.92 Å². The number of nitrogens with two attached hydrogens (primary N) is 4. The number of hydrogen-bond acceptors (Lipinski definition) is 6. The molecular weight excluding hydrogens is 256 g/mol. The predicted octanol–water partition coefficient (Wildman–Crippen LogP) is -0.331. The van der Waals surface area contributed by atoms with Crippen LogP contribution in [0, 0.1) is 0 Å². The minimum absolute atomic E-state index is 0.00567. The first kappa shape index (κ1) is 14.4. The third-order valence-corrected chi connectivity index (χ3v) is 3.24. The van der Waals surface area contributed by atoms with E-state index in [1.54, 1.807) is 6.20 Å². The first-order chi connectivity index (χ1) is 9.65. The molecule has 0 aliphatic carbocycles. The summed E-state index contributed by atoms with van der Waals surface area (Å²) in [5, 5.41) is 0. The van der Waals surface area contributed by atoms with Crippen LogP contribution in [0.5, 0.6) is 0 Å². The molecule has 0 amide bonds. The average molecular weight is 278 g/mol. The molecule has 1 atom stereocenters. The van der Waals surface area contributed by atoms with Gasteiger partial charge >= 0.3 is 0 Å². The highest BCUT2D eigenvalue weighted by atomic mass is 15.1. The molecular formula is C12H22N8. The molecule has 8 nitrogen and oxygen atoms in total. The predicted molar refractivity (Wildman–Crippen MR) is 78.9 cm³/mol. The van der Waals surface area contributed by atoms with Crippen molar-refractivity contribution in [3.05, 3.63) is 23.3 Å². The zero-order chi connectivity index (χ0) is 14.5. The highest BCUT2D eigenvalue weighted by Crippen LogP contribution is 2.29. The number of aromatic amines is 2. The maximum Gasteiger partial charge on any atom is 0.197 e. The lowest BCUT2D eigenvalue weighted by Crippen LogP contribution is -2.12. The Morgan fingerprint density at radius 3 is 2.50 bits per heavy atom. The Balaban J connectivity index is 2.33. The van der Waals surface area contributed by atoms with Crippen LogP contribution < -0.4 is 22.9 Å². The van der Waals surface area contributed by atoms with E-state index in [9.17, 15) is 0 Å². The summed E-state index contributed by atoms with van der Waals surface area (Å²) in [7, 11) is 0. The molecule has 0 aromatic carbocycles. The van der Waals surface area contributed by atoms with E-state index in [4.69, 9.17) is 22.9 Å². The van der Waals surface area contributed by atoms with Gasteiger partial charge in [0.2, 0.25) is 0 Å². The summed E-state index contributed by atoms with van der Waals surface area (Å²) in [5.41, 5.74) is 25.5. The number of nitrogen functional groups attached to an aromatic ring is 2. The summed E-state index contributed by atoms with van der Waals surface area (Å²) in [6.07, 6.45) is 4.13. The topological polar surface area (TPSA) is 161 Å². The number of imidazole rings is 2. The summed E-state index contributed by atoms with van der Waals surface area (Å²) in [4.78, 5) is 14.6. The van der Waals surface area contributed by atoms with Crippen LogP contribution in [0.3, 0.4) is 0 Å². The third-order valence-electron chi connectivity index (χ3n) is 3.24. The second-order valence-electron chi connectivity index (χ2n) is 4.73. The monoisotopic (exact) mass is 278 g/mol. The number of nitrogens with one attached hydrogen (secondary N) is 2. The van der Waals surface area contributed by atoms with Crippen molar-refractivity contribution < 1.29 is 0 Å². The van der Waals surface area contributed by atoms with Gasteiger partial charge in [-0.15, -0.1) is 0 Å². The van der Waals surface area contributed by atoms with Gasteiger partial charge in [-0.1, -0.05) is 0 Å². The lowest BCUT2D eigenvalue weighted by atomic mass is 9.95. The summed E-state index contributed by atoms with van der Waals surface area (Å²) in [6.45, 7) is 1.16. The normalized spacial score (nSPS) is 12.7. The number of aryl methyl sites for hydroxylation is 1. The molecule has 0 aliphatic heterocycles. The zero-order valence-corrected chi connectivity index (χ0v) is 11.4. The van der Waals surface area contributed by atoms with Crippen molar-refractivity contribution >= 4 is 11.9 Å². The Hall–Kier alpha value is -2.06. The summed E-state index contributed by atoms with van der Waals surface area (Å²) in [6, 6.07) is 0. The van der Waals surface area contributed by atoms with Crippen molar-refractivity contribution in [1.29, 1.82) is 0 Å².